The van der Waals surface area contributed by atoms with Gasteiger partial charge in [-0.2, -0.15) is 0 Å². The number of methoxy groups -OCH3 is 2. The molecule has 1 spiro atoms. The number of anilines is 1. The van der Waals surface area contributed by atoms with Gasteiger partial charge in [0, 0.05) is 126 Å². The highest BCUT2D eigenvalue weighted by molar-refractivity contribution is 6.21. The van der Waals surface area contributed by atoms with E-state index in [1.165, 1.54) is 20.3 Å². The zero-order valence-corrected chi connectivity index (χ0v) is 43.9. The van der Waals surface area contributed by atoms with Crippen LogP contribution in [0, 0.1) is 36.5 Å². The average Bonchev–Trinajstić information content (AvgIpc) is 3.98. The summed E-state index contributed by atoms with van der Waals surface area (Å²) in [7, 11) is 3.20. The van der Waals surface area contributed by atoms with Crippen LogP contribution in [0.15, 0.2) is 46.1 Å². The maximum absolute atomic E-state index is 15.0. The molecule has 9 atom stereocenters. The van der Waals surface area contributed by atoms with Crippen LogP contribution in [-0.2, 0) is 23.7 Å². The lowest BCUT2D eigenvalue weighted by Gasteiger charge is -2.41. The van der Waals surface area contributed by atoms with Crippen molar-refractivity contribution in [1.29, 1.82) is 0 Å². The van der Waals surface area contributed by atoms with Gasteiger partial charge >= 0.3 is 11.9 Å². The van der Waals surface area contributed by atoms with Crippen molar-refractivity contribution in [3.05, 3.63) is 58.0 Å². The minimum atomic E-state index is -1.98. The van der Waals surface area contributed by atoms with Crippen molar-refractivity contribution >= 4 is 34.2 Å². The number of rotatable bonds is 7. The Kier molecular flexibility index (Phi) is 15.3. The van der Waals surface area contributed by atoms with Crippen LogP contribution in [0.4, 0.5) is 10.5 Å². The first kappa shape index (κ1) is 53.2. The standard InChI is InChI=1S/C54H76N6O12/c1-29(2)27-58-20-18-54(19-21-58)56-40-37-38-45(63)35(8)48-39(37)49(65)52(9,72-48)70-26-15-36(69-11)32(5)47(71-51(67)59-22-24-60(25-23-59)53(16-17-53)28-68-10)34(7)44(62)33(6)43(61)30(3)13-12-14-31(4)50(66)55-42(46(38)64)41(40)57-54/h12-15,26,29-30,32-34,36,43-44,47,56,61-64H,16-25,27-28H2,1-11H3/b13-12+,26-15+,31-14-,55-42?/t30-,32+,33+,34+,36-,43-,44+,47+,52-/m0/s1. The van der Waals surface area contributed by atoms with E-state index >= 15 is 0 Å². The summed E-state index contributed by atoms with van der Waals surface area (Å²) >= 11 is 0. The molecule has 2 amide bonds. The molecular weight excluding hydrogens is 925 g/mol. The molecule has 5 bridgehead atoms. The fourth-order valence-electron chi connectivity index (χ4n) is 11.6. The van der Waals surface area contributed by atoms with Gasteiger partial charge in [0.2, 0.25) is 0 Å². The third-order valence-corrected chi connectivity index (χ3v) is 16.3. The van der Waals surface area contributed by atoms with E-state index in [9.17, 15) is 34.8 Å². The molecule has 0 unspecified atom stereocenters. The van der Waals surface area contributed by atoms with Crippen LogP contribution in [0.25, 0.3) is 10.8 Å². The first-order chi connectivity index (χ1) is 34.1. The molecule has 18 nitrogen and oxygen atoms in total. The number of benzene rings is 2. The van der Waals surface area contributed by atoms with E-state index in [0.717, 1.165) is 32.5 Å². The summed E-state index contributed by atoms with van der Waals surface area (Å²) in [6.07, 6.45) is 6.56. The average molecular weight is 1000 g/mol. The molecule has 6 heterocycles. The number of carbonyl (C=O) groups is 3. The van der Waals surface area contributed by atoms with E-state index in [1.807, 2.05) is 6.92 Å². The number of amides is 2. The van der Waals surface area contributed by atoms with E-state index in [2.05, 4.69) is 34.0 Å². The fraction of sp³-hybridized carbons (Fsp3) is 0.648. The van der Waals surface area contributed by atoms with Crippen molar-refractivity contribution in [3.8, 4) is 17.2 Å². The molecular formula is C54H76N6O12. The summed E-state index contributed by atoms with van der Waals surface area (Å²) in [5.74, 6) is -6.21. The Morgan fingerprint density at radius 1 is 0.889 bits per heavy atom. The summed E-state index contributed by atoms with van der Waals surface area (Å²) in [5.41, 5.74) is -0.117. The van der Waals surface area contributed by atoms with Gasteiger partial charge in [0.15, 0.2) is 5.75 Å². The van der Waals surface area contributed by atoms with Crippen molar-refractivity contribution in [1.82, 2.24) is 14.7 Å². The number of aromatic hydroxyl groups is 2. The molecule has 7 aliphatic rings. The van der Waals surface area contributed by atoms with E-state index in [4.69, 9.17) is 28.7 Å². The topological polar surface area (TPSA) is 225 Å². The highest BCUT2D eigenvalue weighted by atomic mass is 16.7. The van der Waals surface area contributed by atoms with Gasteiger partial charge in [-0.1, -0.05) is 59.8 Å². The van der Waals surface area contributed by atoms with Crippen LogP contribution in [0.3, 0.4) is 0 Å². The predicted octanol–water partition coefficient (Wildman–Crippen LogP) is 5.12. The Morgan fingerprint density at radius 2 is 1.57 bits per heavy atom. The van der Waals surface area contributed by atoms with Crippen molar-refractivity contribution in [2.24, 2.45) is 39.6 Å². The lowest BCUT2D eigenvalue weighted by molar-refractivity contribution is -0.114. The lowest BCUT2D eigenvalue weighted by Crippen LogP contribution is -2.55. The summed E-state index contributed by atoms with van der Waals surface area (Å²) in [6, 6.07) is 0. The molecule has 9 rings (SSSR count). The highest BCUT2D eigenvalue weighted by Gasteiger charge is 2.52. The Labute approximate surface area is 422 Å². The number of piperazine rings is 1. The Balaban J connectivity index is 1.19. The normalized spacial score (nSPS) is 32.6. The summed E-state index contributed by atoms with van der Waals surface area (Å²) in [6.45, 7) is 21.3. The SMILES string of the molecule is COCC1(N2CCN(C(=O)O[C@H]3[C@H](C)[C@H](O)[C@H](C)[C@@H](O)[C@@H](C)/C=C/C=C(/C)C(=O)N=c4c(O)c5c(O)c(C)c6c(c5c5c4=NC4(CCN(CC(C)C)CC4)N5)C(=O)[C@@](C)(O/C=C/[C@H](OC)[C@H]3C)O6)CC2)CC1. The number of Topliss-reactive ketones (excluding diaryl/α,β-unsaturated/α-hetero) is 1. The van der Waals surface area contributed by atoms with Crippen molar-refractivity contribution < 1.29 is 58.5 Å². The number of allylic oxidation sites excluding steroid dienone is 2. The summed E-state index contributed by atoms with van der Waals surface area (Å²) < 4.78 is 30.5. The number of phenols is 2. The number of ether oxygens (including phenoxy) is 5. The highest BCUT2D eigenvalue weighted by Crippen LogP contribution is 2.51. The van der Waals surface area contributed by atoms with Gasteiger partial charge in [-0.15, -0.1) is 0 Å². The zero-order valence-electron chi connectivity index (χ0n) is 43.9. The molecule has 18 heteroatoms. The quantitative estimate of drug-likeness (QED) is 0.227. The molecule has 1 saturated carbocycles. The molecule has 72 heavy (non-hydrogen) atoms. The van der Waals surface area contributed by atoms with Crippen molar-refractivity contribution in [2.75, 3.05) is 72.0 Å². The largest absolute Gasteiger partial charge is 0.507 e. The predicted molar refractivity (Wildman–Crippen MR) is 269 cm³/mol. The first-order valence-electron chi connectivity index (χ1n) is 25.7. The first-order valence-corrected chi connectivity index (χ1v) is 25.7. The van der Waals surface area contributed by atoms with E-state index in [1.54, 1.807) is 70.9 Å². The Bertz CT molecular complexity index is 2650. The minimum absolute atomic E-state index is 0.0113. The second-order valence-electron chi connectivity index (χ2n) is 21.9. The molecule has 0 radical (unpaired) electrons. The molecule has 2 aromatic carbocycles. The van der Waals surface area contributed by atoms with Crippen LogP contribution in [0.2, 0.25) is 0 Å². The van der Waals surface area contributed by atoms with E-state index in [0.29, 0.717) is 57.2 Å². The number of aliphatic hydroxyl groups excluding tert-OH is 2. The Hall–Kier alpha value is -5.11. The zero-order chi connectivity index (χ0) is 52.2. The molecule has 2 saturated heterocycles. The van der Waals surface area contributed by atoms with E-state index in [-0.39, 0.29) is 55.2 Å². The van der Waals surface area contributed by atoms with Gasteiger partial charge < -0.3 is 59.2 Å². The number of likely N-dealkylation sites (tertiary alicyclic amines) is 1. The number of hydrogen-bond acceptors (Lipinski definition) is 16. The third-order valence-electron chi connectivity index (χ3n) is 16.3. The van der Waals surface area contributed by atoms with Crippen molar-refractivity contribution in [3.63, 3.8) is 0 Å². The van der Waals surface area contributed by atoms with Crippen LogP contribution in [-0.4, -0.2) is 161 Å². The number of nitrogens with zero attached hydrogens (tertiary/aromatic N) is 5. The van der Waals surface area contributed by atoms with Crippen LogP contribution < -0.4 is 20.8 Å². The van der Waals surface area contributed by atoms with Crippen LogP contribution in [0.5, 0.6) is 17.2 Å². The van der Waals surface area contributed by atoms with Crippen molar-refractivity contribution in [2.45, 2.75) is 129 Å². The molecule has 3 fully saturated rings. The number of ketones is 1. The second kappa shape index (κ2) is 20.7. The Morgan fingerprint density at radius 3 is 2.19 bits per heavy atom. The number of phenolic OH excluding ortho intramolecular Hbond substituents is 2. The summed E-state index contributed by atoms with van der Waals surface area (Å²) in [5, 5.41) is 51.6. The number of hydrogen-bond donors (Lipinski definition) is 5. The smallest absolute Gasteiger partial charge is 0.410 e. The fourth-order valence-corrected chi connectivity index (χ4v) is 11.6. The number of piperidine rings is 1. The van der Waals surface area contributed by atoms with Gasteiger partial charge in [-0.25, -0.2) is 9.79 Å². The van der Waals surface area contributed by atoms with Gasteiger partial charge in [-0.05, 0) is 38.7 Å². The number of fused-ring (bicyclic) bond motifs is 13. The lowest BCUT2D eigenvalue weighted by atomic mass is 9.78. The molecule has 2 aromatic rings. The van der Waals surface area contributed by atoms with Crippen LogP contribution in [0.1, 0.15) is 97.0 Å². The van der Waals surface area contributed by atoms with Gasteiger partial charge in [-0.3, -0.25) is 19.5 Å². The second-order valence-corrected chi connectivity index (χ2v) is 21.9. The van der Waals surface area contributed by atoms with Gasteiger partial charge in [0.05, 0.1) is 47.8 Å². The number of aliphatic hydroxyl groups is 2. The van der Waals surface area contributed by atoms with E-state index < -0.39 is 83.1 Å². The molecule has 1 aliphatic carbocycles. The molecule has 6 aliphatic heterocycles. The number of carbonyl (C=O) groups excluding carboxylic acids is 3. The molecule has 0 aromatic heterocycles. The third kappa shape index (κ3) is 9.86. The summed E-state index contributed by atoms with van der Waals surface area (Å²) in [4.78, 5) is 59.2. The monoisotopic (exact) mass is 1000 g/mol. The van der Waals surface area contributed by atoms with Gasteiger partial charge in [0.1, 0.15) is 34.0 Å². The number of nitrogens with one attached hydrogen (secondary N) is 1. The van der Waals surface area contributed by atoms with Gasteiger partial charge in [0.25, 0.3) is 11.7 Å². The van der Waals surface area contributed by atoms with Crippen LogP contribution >= 0.6 is 0 Å². The maximum Gasteiger partial charge on any atom is 0.410 e. The maximum atomic E-state index is 15.0. The minimum Gasteiger partial charge on any atom is -0.507 e. The molecule has 394 valence electrons. The molecule has 5 N–H and O–H groups in total.